The largest absolute Gasteiger partial charge is 0.341 e. The summed E-state index contributed by atoms with van der Waals surface area (Å²) in [5.41, 5.74) is 0.780. The summed E-state index contributed by atoms with van der Waals surface area (Å²) in [6, 6.07) is 9.01. The number of hydrogen-bond acceptors (Lipinski definition) is 8. The molecule has 5 aliphatic rings. The van der Waals surface area contributed by atoms with E-state index in [0.29, 0.717) is 5.56 Å². The van der Waals surface area contributed by atoms with Crippen LogP contribution in [0.2, 0.25) is 0 Å². The summed E-state index contributed by atoms with van der Waals surface area (Å²) in [4.78, 5) is 27.6. The van der Waals surface area contributed by atoms with Crippen LogP contribution in [0.15, 0.2) is 51.8 Å². The maximum absolute atomic E-state index is 14.0. The first-order chi connectivity index (χ1) is 18.4. The second-order valence-corrected chi connectivity index (χ2v) is 13.7. The molecule has 0 radical (unpaired) electrons. The fraction of sp³-hybridized carbons (Fsp3) is 0.400. The molecule has 2 bridgehead atoms. The van der Waals surface area contributed by atoms with Crippen LogP contribution in [0.25, 0.3) is 0 Å². The number of carbonyl (C=O) groups excluding carboxylic acids is 2. The molecular weight excluding hydrogens is 549 g/mol. The van der Waals surface area contributed by atoms with Gasteiger partial charge in [0.2, 0.25) is 10.0 Å². The van der Waals surface area contributed by atoms with Crippen molar-refractivity contribution in [3.63, 3.8) is 0 Å². The summed E-state index contributed by atoms with van der Waals surface area (Å²) < 4.78 is 69.2. The summed E-state index contributed by atoms with van der Waals surface area (Å²) in [6.45, 7) is 0.0970. The fourth-order valence-electron chi connectivity index (χ4n) is 6.15. The smallest absolute Gasteiger partial charge is 0.286 e. The van der Waals surface area contributed by atoms with Crippen LogP contribution in [0.3, 0.4) is 0 Å². The molecule has 11 nitrogen and oxygen atoms in total. The quantitative estimate of drug-likeness (QED) is 0.516. The van der Waals surface area contributed by atoms with E-state index < -0.39 is 49.5 Å². The normalized spacial score (nSPS) is 27.8. The van der Waals surface area contributed by atoms with Crippen molar-refractivity contribution in [2.45, 2.75) is 49.2 Å². The van der Waals surface area contributed by atoms with Crippen molar-refractivity contribution in [3.8, 4) is 0 Å². The van der Waals surface area contributed by atoms with Crippen LogP contribution in [-0.2, 0) is 36.2 Å². The Morgan fingerprint density at radius 1 is 1.08 bits per heavy atom. The molecule has 0 aromatic heterocycles. The minimum absolute atomic E-state index is 0.000719. The first-order valence-electron chi connectivity index (χ1n) is 12.5. The average Bonchev–Trinajstić information content (AvgIpc) is 2.87. The molecule has 39 heavy (non-hydrogen) atoms. The van der Waals surface area contributed by atoms with Crippen LogP contribution < -0.4 is 10.0 Å². The molecule has 1 aliphatic carbocycles. The number of ketones is 1. The SMILES string of the molecule is CS(=O)(=O)Nc1ccc2c(c1)S(=O)(=O)N=C(C1C(=O)[C@@H]3C4CCC(CC4)N3N(Cc3ccc(F)cc3)C1=O)N2. The number of Topliss-reactive ketones (excluding diaryl/α,β-unsaturated/α-hetero) is 1. The lowest BCUT2D eigenvalue weighted by atomic mass is 9.71. The molecule has 2 N–H and O–H groups in total. The van der Waals surface area contributed by atoms with Gasteiger partial charge in [0.25, 0.3) is 15.9 Å². The number of amides is 1. The molecule has 1 saturated carbocycles. The molecule has 4 heterocycles. The van der Waals surface area contributed by atoms with Gasteiger partial charge in [-0.05, 0) is 67.5 Å². The number of anilines is 2. The zero-order chi connectivity index (χ0) is 27.7. The number of rotatable bonds is 5. The number of hydrazine groups is 1. The Balaban J connectivity index is 1.38. The summed E-state index contributed by atoms with van der Waals surface area (Å²) in [5.74, 6) is -3.15. The monoisotopic (exact) mass is 575 g/mol. The van der Waals surface area contributed by atoms with Gasteiger partial charge in [-0.2, -0.15) is 8.42 Å². The fourth-order valence-corrected chi connectivity index (χ4v) is 7.88. The standard InChI is InChI=1S/C25H26FN5O6S2/c1-38(34,35)28-17-8-11-19-20(12-17)39(36,37)29-24(27-19)21-23(32)22-15-4-9-18(10-5-15)31(22)30(25(21)33)13-14-2-6-16(26)7-3-14/h2-3,6-8,11-12,15,18,21-22,28H,4-5,9-10,13H2,1H3,(H,27,29)/t15?,18?,21?,22-/m0/s1. The van der Waals surface area contributed by atoms with E-state index >= 15 is 0 Å². The number of fused-ring (bicyclic) bond motifs is 3. The minimum atomic E-state index is -4.37. The Hall–Kier alpha value is -3.36. The van der Waals surface area contributed by atoms with Gasteiger partial charge in [-0.25, -0.2) is 17.8 Å². The van der Waals surface area contributed by atoms with Crippen LogP contribution in [-0.4, -0.2) is 62.7 Å². The molecule has 2 atom stereocenters. The van der Waals surface area contributed by atoms with Crippen molar-refractivity contribution >= 4 is 48.9 Å². The summed E-state index contributed by atoms with van der Waals surface area (Å²) in [6.07, 6.45) is 4.29. The van der Waals surface area contributed by atoms with E-state index in [1.54, 1.807) is 12.1 Å². The van der Waals surface area contributed by atoms with Crippen molar-refractivity contribution in [1.29, 1.82) is 0 Å². The molecule has 206 valence electrons. The van der Waals surface area contributed by atoms with Gasteiger partial charge in [-0.1, -0.05) is 12.1 Å². The average molecular weight is 576 g/mol. The van der Waals surface area contributed by atoms with Gasteiger partial charge in [0, 0.05) is 11.7 Å². The predicted molar refractivity (Wildman–Crippen MR) is 140 cm³/mol. The Bertz CT molecular complexity index is 1620. The van der Waals surface area contributed by atoms with Crippen molar-refractivity contribution in [3.05, 3.63) is 53.8 Å². The van der Waals surface area contributed by atoms with Crippen LogP contribution in [0.4, 0.5) is 15.8 Å². The zero-order valence-electron chi connectivity index (χ0n) is 20.9. The summed E-state index contributed by atoms with van der Waals surface area (Å²) in [5, 5.41) is 6.23. The highest BCUT2D eigenvalue weighted by molar-refractivity contribution is 7.92. The number of hydrogen-bond donors (Lipinski definition) is 2. The van der Waals surface area contributed by atoms with Gasteiger partial charge < -0.3 is 5.32 Å². The molecular formula is C25H26FN5O6S2. The lowest BCUT2D eigenvalue weighted by Gasteiger charge is -2.57. The second kappa shape index (κ2) is 9.10. The maximum atomic E-state index is 14.0. The number of carbonyl (C=O) groups is 2. The number of nitrogens with one attached hydrogen (secondary N) is 2. The molecule has 2 aromatic carbocycles. The first-order valence-corrected chi connectivity index (χ1v) is 15.9. The van der Waals surface area contributed by atoms with E-state index in [0.717, 1.165) is 38.0 Å². The Morgan fingerprint density at radius 3 is 2.44 bits per heavy atom. The van der Waals surface area contributed by atoms with Crippen LogP contribution in [0.1, 0.15) is 31.2 Å². The van der Waals surface area contributed by atoms with Crippen molar-refractivity contribution < 1.29 is 30.8 Å². The van der Waals surface area contributed by atoms with E-state index in [4.69, 9.17) is 0 Å². The van der Waals surface area contributed by atoms with Crippen LogP contribution in [0, 0.1) is 17.7 Å². The van der Waals surface area contributed by atoms with Gasteiger partial charge in [-0.15, -0.1) is 4.40 Å². The van der Waals surface area contributed by atoms with E-state index in [9.17, 15) is 30.8 Å². The summed E-state index contributed by atoms with van der Waals surface area (Å²) >= 11 is 0. The van der Waals surface area contributed by atoms with Crippen molar-refractivity contribution in [2.24, 2.45) is 16.2 Å². The Kier molecular flexibility index (Phi) is 6.04. The van der Waals surface area contributed by atoms with Gasteiger partial charge in [0.05, 0.1) is 24.5 Å². The second-order valence-electron chi connectivity index (χ2n) is 10.4. The molecule has 3 saturated heterocycles. The maximum Gasteiger partial charge on any atom is 0.286 e. The molecule has 2 aromatic rings. The molecule has 0 spiro atoms. The van der Waals surface area contributed by atoms with Gasteiger partial charge in [0.1, 0.15) is 16.5 Å². The highest BCUT2D eigenvalue weighted by atomic mass is 32.2. The van der Waals surface area contributed by atoms with E-state index in [2.05, 4.69) is 14.4 Å². The van der Waals surface area contributed by atoms with E-state index in [-0.39, 0.29) is 40.6 Å². The van der Waals surface area contributed by atoms with Crippen LogP contribution >= 0.6 is 0 Å². The number of nitrogens with zero attached hydrogens (tertiary/aromatic N) is 3. The Morgan fingerprint density at radius 2 is 1.77 bits per heavy atom. The minimum Gasteiger partial charge on any atom is -0.341 e. The van der Waals surface area contributed by atoms with Crippen LogP contribution in [0.5, 0.6) is 0 Å². The Labute approximate surface area is 225 Å². The highest BCUT2D eigenvalue weighted by Gasteiger charge is 2.57. The topological polar surface area (TPSA) is 145 Å². The predicted octanol–water partition coefficient (Wildman–Crippen LogP) is 2.10. The number of amidine groups is 1. The lowest BCUT2D eigenvalue weighted by Crippen LogP contribution is -2.72. The van der Waals surface area contributed by atoms with E-state index in [1.807, 2.05) is 5.01 Å². The van der Waals surface area contributed by atoms with Gasteiger partial charge in [0.15, 0.2) is 11.7 Å². The number of halogens is 1. The third kappa shape index (κ3) is 4.59. The lowest BCUT2D eigenvalue weighted by molar-refractivity contribution is -0.201. The van der Waals surface area contributed by atoms with Gasteiger partial charge >= 0.3 is 0 Å². The third-order valence-electron chi connectivity index (χ3n) is 7.77. The van der Waals surface area contributed by atoms with Crippen molar-refractivity contribution in [2.75, 3.05) is 16.3 Å². The molecule has 14 heteroatoms. The van der Waals surface area contributed by atoms with Crippen molar-refractivity contribution in [1.82, 2.24) is 10.0 Å². The number of piperidine rings is 2. The van der Waals surface area contributed by atoms with Gasteiger partial charge in [-0.3, -0.25) is 19.3 Å². The van der Waals surface area contributed by atoms with E-state index in [1.165, 1.54) is 29.3 Å². The molecule has 1 amide bonds. The number of sulfonamides is 2. The number of benzene rings is 2. The summed E-state index contributed by atoms with van der Waals surface area (Å²) in [7, 11) is -8.03. The molecule has 7 rings (SSSR count). The molecule has 4 aliphatic heterocycles. The third-order valence-corrected chi connectivity index (χ3v) is 9.70. The molecule has 4 fully saturated rings. The zero-order valence-corrected chi connectivity index (χ0v) is 22.5. The first kappa shape index (κ1) is 25.9. The molecule has 1 unspecified atom stereocenters. The highest BCUT2D eigenvalue weighted by Crippen LogP contribution is 2.45.